The van der Waals surface area contributed by atoms with E-state index < -0.39 is 11.9 Å². The molecule has 0 amide bonds. The average Bonchev–Trinajstić information content (AvgIpc) is 3.17. The van der Waals surface area contributed by atoms with E-state index in [0.29, 0.717) is 16.7 Å². The van der Waals surface area contributed by atoms with E-state index in [-0.39, 0.29) is 5.03 Å². The Labute approximate surface area is 180 Å². The molecule has 0 saturated heterocycles. The van der Waals surface area contributed by atoms with Crippen molar-refractivity contribution in [2.75, 3.05) is 7.11 Å². The Hall–Kier alpha value is -3.40. The monoisotopic (exact) mass is 443 g/mol. The fourth-order valence-corrected chi connectivity index (χ4v) is 3.66. The number of methoxy groups -OCH3 is 1. The third kappa shape index (κ3) is 4.38. The van der Waals surface area contributed by atoms with E-state index in [0.717, 1.165) is 34.6 Å². The van der Waals surface area contributed by atoms with Crippen molar-refractivity contribution in [2.45, 2.75) is 23.3 Å². The molecule has 4 rings (SSSR count). The number of hydrogen-bond donors (Lipinski definition) is 0. The molecule has 0 N–H and O–H groups in total. The second-order valence-electron chi connectivity index (χ2n) is 6.53. The van der Waals surface area contributed by atoms with Gasteiger partial charge in [-0.05, 0) is 55.1 Å². The van der Waals surface area contributed by atoms with Gasteiger partial charge in [0.2, 0.25) is 5.16 Å². The van der Waals surface area contributed by atoms with Gasteiger partial charge in [0.1, 0.15) is 10.8 Å². The molecule has 6 nitrogen and oxygen atoms in total. The molecule has 2 aromatic carbocycles. The number of nitrogens with zero attached hydrogens (tertiary/aromatic N) is 5. The molecule has 0 bridgehead atoms. The number of hydrogen-bond acceptors (Lipinski definition) is 6. The number of alkyl halides is 3. The highest BCUT2D eigenvalue weighted by atomic mass is 32.2. The molecule has 0 aliphatic heterocycles. The Morgan fingerprint density at radius 3 is 2.26 bits per heavy atom. The number of aryl methyl sites for hydroxylation is 1. The van der Waals surface area contributed by atoms with Crippen LogP contribution in [0.15, 0.2) is 70.8 Å². The summed E-state index contributed by atoms with van der Waals surface area (Å²) < 4.78 is 45.6. The molecule has 2 heterocycles. The number of aromatic nitrogens is 5. The lowest BCUT2D eigenvalue weighted by Crippen LogP contribution is -2.09. The lowest BCUT2D eigenvalue weighted by Gasteiger charge is -2.12. The predicted molar refractivity (Wildman–Crippen MR) is 109 cm³/mol. The standard InChI is InChI=1S/C21H16F3N5OS/c1-13-7-9-14(10-8-13)29-19(15-5-3-4-6-16(15)30-2)27-28-20(29)31-18-12-11-17(25-26-18)21(22,23)24/h3-12H,1-2H3. The summed E-state index contributed by atoms with van der Waals surface area (Å²) in [5, 5.41) is 16.3. The van der Waals surface area contributed by atoms with E-state index in [2.05, 4.69) is 20.4 Å². The van der Waals surface area contributed by atoms with E-state index >= 15 is 0 Å². The summed E-state index contributed by atoms with van der Waals surface area (Å²) in [6.45, 7) is 1.98. The van der Waals surface area contributed by atoms with Gasteiger partial charge in [0, 0.05) is 5.69 Å². The minimum Gasteiger partial charge on any atom is -0.496 e. The van der Waals surface area contributed by atoms with E-state index in [1.807, 2.05) is 55.5 Å². The highest BCUT2D eigenvalue weighted by molar-refractivity contribution is 7.99. The summed E-state index contributed by atoms with van der Waals surface area (Å²) in [6, 6.07) is 17.3. The van der Waals surface area contributed by atoms with Crippen LogP contribution in [0.1, 0.15) is 11.3 Å². The van der Waals surface area contributed by atoms with Gasteiger partial charge in [-0.25, -0.2) is 0 Å². The van der Waals surface area contributed by atoms with E-state index in [1.54, 1.807) is 11.7 Å². The largest absolute Gasteiger partial charge is 0.496 e. The van der Waals surface area contributed by atoms with Gasteiger partial charge in [-0.15, -0.1) is 20.4 Å². The van der Waals surface area contributed by atoms with Gasteiger partial charge in [0.05, 0.1) is 12.7 Å². The maximum Gasteiger partial charge on any atom is 0.435 e. The summed E-state index contributed by atoms with van der Waals surface area (Å²) >= 11 is 1.07. The van der Waals surface area contributed by atoms with Crippen molar-refractivity contribution in [3.63, 3.8) is 0 Å². The summed E-state index contributed by atoms with van der Waals surface area (Å²) in [4.78, 5) is 0. The van der Waals surface area contributed by atoms with E-state index in [9.17, 15) is 13.2 Å². The minimum absolute atomic E-state index is 0.264. The molecule has 31 heavy (non-hydrogen) atoms. The van der Waals surface area contributed by atoms with Crippen LogP contribution in [0.5, 0.6) is 5.75 Å². The minimum atomic E-state index is -4.55. The van der Waals surface area contributed by atoms with Crippen LogP contribution in [0.3, 0.4) is 0 Å². The topological polar surface area (TPSA) is 65.7 Å². The second-order valence-corrected chi connectivity index (χ2v) is 7.52. The van der Waals surface area contributed by atoms with Crippen molar-refractivity contribution in [3.05, 3.63) is 71.9 Å². The second kappa shape index (κ2) is 8.38. The van der Waals surface area contributed by atoms with Crippen molar-refractivity contribution >= 4 is 11.8 Å². The van der Waals surface area contributed by atoms with Crippen molar-refractivity contribution in [2.24, 2.45) is 0 Å². The van der Waals surface area contributed by atoms with Crippen molar-refractivity contribution < 1.29 is 17.9 Å². The number of para-hydroxylation sites is 1. The summed E-state index contributed by atoms with van der Waals surface area (Å²) in [7, 11) is 1.57. The molecule has 2 aromatic heterocycles. The zero-order valence-corrected chi connectivity index (χ0v) is 17.3. The number of ether oxygens (including phenoxy) is 1. The SMILES string of the molecule is COc1ccccc1-c1nnc(Sc2ccc(C(F)(F)F)nn2)n1-c1ccc(C)cc1. The van der Waals surface area contributed by atoms with Crippen LogP contribution in [-0.4, -0.2) is 32.1 Å². The Bertz CT molecular complexity index is 1190. The van der Waals surface area contributed by atoms with Crippen molar-refractivity contribution in [1.82, 2.24) is 25.0 Å². The maximum absolute atomic E-state index is 12.8. The Morgan fingerprint density at radius 1 is 0.871 bits per heavy atom. The van der Waals surface area contributed by atoms with Crippen LogP contribution in [-0.2, 0) is 6.18 Å². The summed E-state index contributed by atoms with van der Waals surface area (Å²) in [5.41, 5.74) is 1.55. The zero-order valence-electron chi connectivity index (χ0n) is 16.5. The molecule has 158 valence electrons. The third-order valence-corrected chi connectivity index (χ3v) is 5.27. The highest BCUT2D eigenvalue weighted by Crippen LogP contribution is 2.35. The van der Waals surface area contributed by atoms with Crippen LogP contribution < -0.4 is 4.74 Å². The Morgan fingerprint density at radius 2 is 1.61 bits per heavy atom. The fourth-order valence-electron chi connectivity index (χ4n) is 2.89. The molecular weight excluding hydrogens is 427 g/mol. The molecular formula is C21H16F3N5OS. The number of rotatable bonds is 5. The van der Waals surface area contributed by atoms with Crippen LogP contribution in [0.2, 0.25) is 0 Å². The Balaban J connectivity index is 1.80. The van der Waals surface area contributed by atoms with E-state index in [1.165, 1.54) is 6.07 Å². The van der Waals surface area contributed by atoms with Gasteiger partial charge >= 0.3 is 6.18 Å². The first kappa shape index (κ1) is 20.9. The lowest BCUT2D eigenvalue weighted by atomic mass is 10.1. The molecule has 0 unspecified atom stereocenters. The highest BCUT2D eigenvalue weighted by Gasteiger charge is 2.33. The van der Waals surface area contributed by atoms with Gasteiger partial charge in [-0.1, -0.05) is 29.8 Å². The quantitative estimate of drug-likeness (QED) is 0.422. The molecule has 4 aromatic rings. The Kier molecular flexibility index (Phi) is 5.64. The molecule has 0 saturated carbocycles. The van der Waals surface area contributed by atoms with Gasteiger partial charge in [0.15, 0.2) is 11.5 Å². The van der Waals surface area contributed by atoms with Gasteiger partial charge < -0.3 is 4.74 Å². The smallest absolute Gasteiger partial charge is 0.435 e. The van der Waals surface area contributed by atoms with Gasteiger partial charge in [-0.3, -0.25) is 4.57 Å². The van der Waals surface area contributed by atoms with Crippen LogP contribution >= 0.6 is 11.8 Å². The first-order chi connectivity index (χ1) is 14.9. The predicted octanol–water partition coefficient (Wildman–Crippen LogP) is 5.21. The molecule has 0 radical (unpaired) electrons. The molecule has 0 aliphatic rings. The fraction of sp³-hybridized carbons (Fsp3) is 0.143. The number of benzene rings is 2. The van der Waals surface area contributed by atoms with Crippen LogP contribution in [0, 0.1) is 6.92 Å². The van der Waals surface area contributed by atoms with Crippen LogP contribution in [0.25, 0.3) is 17.1 Å². The molecule has 0 spiro atoms. The van der Waals surface area contributed by atoms with Crippen molar-refractivity contribution in [3.8, 4) is 22.8 Å². The summed E-state index contributed by atoms with van der Waals surface area (Å²) in [6.07, 6.45) is -4.55. The molecule has 0 aliphatic carbocycles. The first-order valence-electron chi connectivity index (χ1n) is 9.11. The van der Waals surface area contributed by atoms with Crippen LogP contribution in [0.4, 0.5) is 13.2 Å². The molecule has 0 fully saturated rings. The van der Waals surface area contributed by atoms with Gasteiger partial charge in [0.25, 0.3) is 0 Å². The molecule has 0 atom stereocenters. The van der Waals surface area contributed by atoms with E-state index in [4.69, 9.17) is 4.74 Å². The van der Waals surface area contributed by atoms with Crippen molar-refractivity contribution in [1.29, 1.82) is 0 Å². The third-order valence-electron chi connectivity index (χ3n) is 4.40. The zero-order chi connectivity index (χ0) is 22.0. The first-order valence-corrected chi connectivity index (χ1v) is 9.93. The molecule has 10 heteroatoms. The van der Waals surface area contributed by atoms with Gasteiger partial charge in [-0.2, -0.15) is 13.2 Å². The normalized spacial score (nSPS) is 11.5. The number of halogens is 3. The maximum atomic E-state index is 12.8. The average molecular weight is 443 g/mol. The summed E-state index contributed by atoms with van der Waals surface area (Å²) in [5.74, 6) is 1.15. The lowest BCUT2D eigenvalue weighted by molar-refractivity contribution is -0.141.